The minimum atomic E-state index is -3.35. The molecule has 1 aliphatic heterocycles. The summed E-state index contributed by atoms with van der Waals surface area (Å²) in [5.41, 5.74) is 2.09. The standard InChI is InChI=1S/C23H31N3O4S/c1-4-24-23(25-11-12-31(27,28)20-9-7-6-8-10-20)26-16-19-15-22-18(13-17(3)30-22)14-21(19)29-5-2/h6-10,14-15,17H,4-5,11-13,16H2,1-3H3,(H2,24,25,26). The molecule has 0 saturated carbocycles. The van der Waals surface area contributed by atoms with Crippen molar-refractivity contribution in [2.75, 3.05) is 25.4 Å². The van der Waals surface area contributed by atoms with Crippen LogP contribution < -0.4 is 20.1 Å². The fourth-order valence-electron chi connectivity index (χ4n) is 3.45. The Bertz CT molecular complexity index is 1010. The van der Waals surface area contributed by atoms with Crippen molar-refractivity contribution in [3.63, 3.8) is 0 Å². The predicted octanol–water partition coefficient (Wildman–Crippen LogP) is 2.94. The van der Waals surface area contributed by atoms with Gasteiger partial charge in [-0.3, -0.25) is 0 Å². The maximum absolute atomic E-state index is 12.5. The largest absolute Gasteiger partial charge is 0.494 e. The van der Waals surface area contributed by atoms with E-state index < -0.39 is 9.84 Å². The van der Waals surface area contributed by atoms with Gasteiger partial charge in [0.15, 0.2) is 15.8 Å². The molecule has 0 fully saturated rings. The van der Waals surface area contributed by atoms with Gasteiger partial charge in [0, 0.05) is 30.6 Å². The summed E-state index contributed by atoms with van der Waals surface area (Å²) >= 11 is 0. The first-order chi connectivity index (χ1) is 14.9. The van der Waals surface area contributed by atoms with Crippen molar-refractivity contribution >= 4 is 15.8 Å². The molecular weight excluding hydrogens is 414 g/mol. The molecule has 2 aromatic carbocycles. The average Bonchev–Trinajstić information content (AvgIpc) is 3.11. The summed E-state index contributed by atoms with van der Waals surface area (Å²) in [7, 11) is -3.35. The summed E-state index contributed by atoms with van der Waals surface area (Å²) in [5, 5.41) is 6.28. The average molecular weight is 446 g/mol. The fraction of sp³-hybridized carbons (Fsp3) is 0.435. The van der Waals surface area contributed by atoms with E-state index >= 15 is 0 Å². The van der Waals surface area contributed by atoms with Crippen LogP contribution in [0, 0.1) is 0 Å². The molecule has 0 aromatic heterocycles. The molecule has 1 unspecified atom stereocenters. The van der Waals surface area contributed by atoms with Crippen LogP contribution in [0.5, 0.6) is 11.5 Å². The summed E-state index contributed by atoms with van der Waals surface area (Å²) < 4.78 is 36.6. The van der Waals surface area contributed by atoms with Crippen LogP contribution in [0.15, 0.2) is 52.4 Å². The molecule has 0 amide bonds. The van der Waals surface area contributed by atoms with E-state index in [1.54, 1.807) is 30.3 Å². The van der Waals surface area contributed by atoms with Crippen molar-refractivity contribution in [1.29, 1.82) is 0 Å². The summed E-state index contributed by atoms with van der Waals surface area (Å²) in [6, 6.07) is 12.5. The van der Waals surface area contributed by atoms with E-state index in [-0.39, 0.29) is 18.4 Å². The van der Waals surface area contributed by atoms with Gasteiger partial charge in [-0.15, -0.1) is 0 Å². The van der Waals surface area contributed by atoms with Gasteiger partial charge in [0.25, 0.3) is 0 Å². The molecule has 168 valence electrons. The molecule has 1 aliphatic rings. The highest BCUT2D eigenvalue weighted by Crippen LogP contribution is 2.35. The summed E-state index contributed by atoms with van der Waals surface area (Å²) in [6.45, 7) is 7.86. The highest BCUT2D eigenvalue weighted by atomic mass is 32.2. The quantitative estimate of drug-likeness (QED) is 0.456. The van der Waals surface area contributed by atoms with Gasteiger partial charge in [0.1, 0.15) is 17.6 Å². The van der Waals surface area contributed by atoms with E-state index in [0.29, 0.717) is 30.6 Å². The van der Waals surface area contributed by atoms with Crippen LogP contribution >= 0.6 is 0 Å². The first-order valence-electron chi connectivity index (χ1n) is 10.7. The van der Waals surface area contributed by atoms with E-state index in [0.717, 1.165) is 29.0 Å². The molecule has 2 N–H and O–H groups in total. The normalized spacial score (nSPS) is 15.8. The molecule has 8 heteroatoms. The van der Waals surface area contributed by atoms with Gasteiger partial charge in [0.05, 0.1) is 23.8 Å². The van der Waals surface area contributed by atoms with Crippen LogP contribution in [0.4, 0.5) is 0 Å². The zero-order valence-corrected chi connectivity index (χ0v) is 19.2. The first kappa shape index (κ1) is 22.9. The molecule has 0 radical (unpaired) electrons. The van der Waals surface area contributed by atoms with Gasteiger partial charge < -0.3 is 20.1 Å². The van der Waals surface area contributed by atoms with Crippen LogP contribution in [0.1, 0.15) is 31.9 Å². The Kier molecular flexibility index (Phi) is 7.79. The molecule has 0 aliphatic carbocycles. The lowest BCUT2D eigenvalue weighted by molar-refractivity contribution is 0.254. The number of rotatable bonds is 9. The lowest BCUT2D eigenvalue weighted by Gasteiger charge is -2.14. The third-order valence-corrected chi connectivity index (χ3v) is 6.63. The van der Waals surface area contributed by atoms with Crippen LogP contribution in [-0.4, -0.2) is 45.9 Å². The van der Waals surface area contributed by atoms with Gasteiger partial charge in [0.2, 0.25) is 0 Å². The van der Waals surface area contributed by atoms with Gasteiger partial charge in [-0.05, 0) is 45.0 Å². The Morgan fingerprint density at radius 1 is 1.19 bits per heavy atom. The topological polar surface area (TPSA) is 89.0 Å². The van der Waals surface area contributed by atoms with Crippen molar-refractivity contribution in [2.45, 2.75) is 44.7 Å². The predicted molar refractivity (Wildman–Crippen MR) is 123 cm³/mol. The van der Waals surface area contributed by atoms with Crippen molar-refractivity contribution in [1.82, 2.24) is 10.6 Å². The SMILES string of the molecule is CCNC(=NCc1cc2c(cc1OCC)CC(C)O2)NCCS(=O)(=O)c1ccccc1. The second-order valence-corrected chi connectivity index (χ2v) is 9.50. The van der Waals surface area contributed by atoms with Gasteiger partial charge in [-0.1, -0.05) is 18.2 Å². The maximum atomic E-state index is 12.5. The van der Waals surface area contributed by atoms with E-state index in [1.807, 2.05) is 26.0 Å². The summed E-state index contributed by atoms with van der Waals surface area (Å²) in [6.07, 6.45) is 1.03. The number of aliphatic imine (C=N–C) groups is 1. The third kappa shape index (κ3) is 6.13. The molecule has 31 heavy (non-hydrogen) atoms. The number of nitrogens with zero attached hydrogens (tertiary/aromatic N) is 1. The second kappa shape index (κ2) is 10.5. The van der Waals surface area contributed by atoms with Gasteiger partial charge in [-0.25, -0.2) is 13.4 Å². The van der Waals surface area contributed by atoms with E-state index in [1.165, 1.54) is 0 Å². The highest BCUT2D eigenvalue weighted by Gasteiger charge is 2.22. The van der Waals surface area contributed by atoms with E-state index in [9.17, 15) is 8.42 Å². The van der Waals surface area contributed by atoms with Crippen molar-refractivity contribution < 1.29 is 17.9 Å². The van der Waals surface area contributed by atoms with Gasteiger partial charge in [-0.2, -0.15) is 0 Å². The lowest BCUT2D eigenvalue weighted by Crippen LogP contribution is -2.39. The van der Waals surface area contributed by atoms with Crippen LogP contribution in [0.3, 0.4) is 0 Å². The smallest absolute Gasteiger partial charge is 0.191 e. The molecule has 3 rings (SSSR count). The Hall–Kier alpha value is -2.74. The number of hydrogen-bond acceptors (Lipinski definition) is 5. The molecule has 1 heterocycles. The fourth-order valence-corrected chi connectivity index (χ4v) is 4.63. The number of guanidine groups is 1. The van der Waals surface area contributed by atoms with Crippen LogP contribution in [0.25, 0.3) is 0 Å². The maximum Gasteiger partial charge on any atom is 0.191 e. The number of sulfone groups is 1. The minimum Gasteiger partial charge on any atom is -0.494 e. The van der Waals surface area contributed by atoms with Crippen molar-refractivity contribution in [3.8, 4) is 11.5 Å². The third-order valence-electron chi connectivity index (χ3n) is 4.90. The molecular formula is C23H31N3O4S. The molecule has 0 bridgehead atoms. The Morgan fingerprint density at radius 2 is 1.97 bits per heavy atom. The number of benzene rings is 2. The number of hydrogen-bond donors (Lipinski definition) is 2. The monoisotopic (exact) mass is 445 g/mol. The molecule has 1 atom stereocenters. The van der Waals surface area contributed by atoms with Crippen molar-refractivity contribution in [3.05, 3.63) is 53.6 Å². The zero-order chi connectivity index (χ0) is 22.3. The minimum absolute atomic E-state index is 0.0177. The van der Waals surface area contributed by atoms with Crippen molar-refractivity contribution in [2.24, 2.45) is 4.99 Å². The van der Waals surface area contributed by atoms with E-state index in [2.05, 4.69) is 22.5 Å². The number of nitrogens with one attached hydrogen (secondary N) is 2. The molecule has 0 spiro atoms. The Morgan fingerprint density at radius 3 is 2.68 bits per heavy atom. The second-order valence-electron chi connectivity index (χ2n) is 7.39. The van der Waals surface area contributed by atoms with Crippen LogP contribution in [0.2, 0.25) is 0 Å². The first-order valence-corrected chi connectivity index (χ1v) is 12.3. The Balaban J connectivity index is 1.68. The summed E-state index contributed by atoms with van der Waals surface area (Å²) in [4.78, 5) is 4.95. The molecule has 0 saturated heterocycles. The number of fused-ring (bicyclic) bond motifs is 1. The van der Waals surface area contributed by atoms with Crippen LogP contribution in [-0.2, 0) is 22.8 Å². The zero-order valence-electron chi connectivity index (χ0n) is 18.3. The molecule has 7 nitrogen and oxygen atoms in total. The van der Waals surface area contributed by atoms with Gasteiger partial charge >= 0.3 is 0 Å². The Labute approximate surface area is 184 Å². The summed E-state index contributed by atoms with van der Waals surface area (Å²) in [5.74, 6) is 2.23. The highest BCUT2D eigenvalue weighted by molar-refractivity contribution is 7.91. The van der Waals surface area contributed by atoms with E-state index in [4.69, 9.17) is 9.47 Å². The number of ether oxygens (including phenoxy) is 2. The lowest BCUT2D eigenvalue weighted by atomic mass is 10.1. The molecule has 2 aromatic rings.